The van der Waals surface area contributed by atoms with E-state index in [2.05, 4.69) is 22.6 Å². The molecule has 1 amide bonds. The summed E-state index contributed by atoms with van der Waals surface area (Å²) >= 11 is 0. The topological polar surface area (TPSA) is 102 Å². The lowest BCUT2D eigenvalue weighted by Crippen LogP contribution is -2.41. The van der Waals surface area contributed by atoms with Crippen LogP contribution in [0.1, 0.15) is 34.9 Å². The molecule has 1 heterocycles. The van der Waals surface area contributed by atoms with Crippen molar-refractivity contribution >= 4 is 12.1 Å². The molecule has 0 bridgehead atoms. The fourth-order valence-electron chi connectivity index (χ4n) is 3.86. The monoisotopic (exact) mass is 406 g/mol. The van der Waals surface area contributed by atoms with Gasteiger partial charge in [0.1, 0.15) is 18.4 Å². The molecule has 3 aromatic rings. The van der Waals surface area contributed by atoms with E-state index in [0.29, 0.717) is 12.2 Å². The largest absolute Gasteiger partial charge is 0.480 e. The van der Waals surface area contributed by atoms with Crippen molar-refractivity contribution in [2.45, 2.75) is 31.7 Å². The smallest absolute Gasteiger partial charge is 0.407 e. The summed E-state index contributed by atoms with van der Waals surface area (Å²) in [7, 11) is 0. The second-order valence-electron chi connectivity index (χ2n) is 7.33. The highest BCUT2D eigenvalue weighted by atomic mass is 16.5. The summed E-state index contributed by atoms with van der Waals surface area (Å²) in [6, 6.07) is 16.7. The van der Waals surface area contributed by atoms with Crippen LogP contribution < -0.4 is 5.32 Å². The number of aliphatic carboxylic acids is 1. The molecular weight excluding hydrogens is 384 g/mol. The van der Waals surface area contributed by atoms with Gasteiger partial charge in [-0.3, -0.25) is 0 Å². The Labute approximate surface area is 173 Å². The van der Waals surface area contributed by atoms with Crippen LogP contribution in [0.5, 0.6) is 0 Å². The highest BCUT2D eigenvalue weighted by Crippen LogP contribution is 2.44. The average molecular weight is 406 g/mol. The van der Waals surface area contributed by atoms with Crippen LogP contribution in [-0.2, 0) is 16.0 Å². The number of carbonyl (C=O) groups is 2. The molecule has 7 nitrogen and oxygen atoms in total. The number of hydrogen-bond acceptors (Lipinski definition) is 5. The third kappa shape index (κ3) is 4.05. The molecule has 1 aliphatic rings. The Hall–Kier alpha value is -3.61. The number of nitrogens with zero attached hydrogens (tertiary/aromatic N) is 1. The van der Waals surface area contributed by atoms with Crippen molar-refractivity contribution in [2.75, 3.05) is 6.61 Å². The van der Waals surface area contributed by atoms with Gasteiger partial charge in [0.2, 0.25) is 0 Å². The van der Waals surface area contributed by atoms with Crippen LogP contribution in [0.2, 0.25) is 0 Å². The van der Waals surface area contributed by atoms with Crippen molar-refractivity contribution in [3.8, 4) is 11.1 Å². The summed E-state index contributed by atoms with van der Waals surface area (Å²) in [5, 5.41) is 15.6. The number of carbonyl (C=O) groups excluding carboxylic acids is 1. The molecule has 0 radical (unpaired) electrons. The maximum atomic E-state index is 12.3. The zero-order valence-corrected chi connectivity index (χ0v) is 16.5. The minimum absolute atomic E-state index is 0.0800. The predicted octanol–water partition coefficient (Wildman–Crippen LogP) is 3.91. The normalized spacial score (nSPS) is 13.4. The molecule has 30 heavy (non-hydrogen) atoms. The number of rotatable bonds is 7. The number of nitrogens with one attached hydrogen (secondary N) is 1. The van der Waals surface area contributed by atoms with Crippen LogP contribution in [-0.4, -0.2) is 35.0 Å². The second kappa shape index (κ2) is 8.41. The maximum Gasteiger partial charge on any atom is 0.407 e. The molecule has 0 spiro atoms. The van der Waals surface area contributed by atoms with Gasteiger partial charge >= 0.3 is 12.1 Å². The number of ether oxygens (including phenoxy) is 1. The summed E-state index contributed by atoms with van der Waals surface area (Å²) < 4.78 is 10.5. The van der Waals surface area contributed by atoms with Gasteiger partial charge < -0.3 is 19.7 Å². The van der Waals surface area contributed by atoms with Crippen molar-refractivity contribution in [3.05, 3.63) is 77.2 Å². The Kier molecular flexibility index (Phi) is 5.52. The number of hydrogen-bond donors (Lipinski definition) is 2. The van der Waals surface area contributed by atoms with Crippen molar-refractivity contribution in [2.24, 2.45) is 0 Å². The number of alkyl carbamates (subject to hydrolysis) is 1. The number of benzene rings is 2. The van der Waals surface area contributed by atoms with E-state index in [-0.39, 0.29) is 18.9 Å². The molecule has 1 aromatic heterocycles. The first-order chi connectivity index (χ1) is 14.5. The number of aryl methyl sites for hydroxylation is 2. The first-order valence-corrected chi connectivity index (χ1v) is 9.79. The molecule has 2 aromatic carbocycles. The Morgan fingerprint density at radius 1 is 1.13 bits per heavy atom. The molecule has 0 saturated heterocycles. The van der Waals surface area contributed by atoms with E-state index in [4.69, 9.17) is 9.26 Å². The first-order valence-electron chi connectivity index (χ1n) is 9.79. The number of amides is 1. The van der Waals surface area contributed by atoms with Gasteiger partial charge in [-0.05, 0) is 35.6 Å². The standard InChI is InChI=1S/C23H22N2O5/c1-14-12-15(30-25-14)10-11-21(22(26)27)24-23(28)29-13-20-18-8-4-2-6-16(18)17-7-3-5-9-19(17)20/h2-9,12,20-21H,10-11,13H2,1H3,(H,24,28)(H,26,27)/t21-/m0/s1. The van der Waals surface area contributed by atoms with Crippen LogP contribution in [0.15, 0.2) is 59.1 Å². The Balaban J connectivity index is 1.38. The van der Waals surface area contributed by atoms with Crippen LogP contribution in [0.25, 0.3) is 11.1 Å². The molecule has 0 fully saturated rings. The molecule has 4 rings (SSSR count). The van der Waals surface area contributed by atoms with E-state index >= 15 is 0 Å². The Bertz CT molecular complexity index is 1030. The molecular formula is C23H22N2O5. The Morgan fingerprint density at radius 2 is 1.77 bits per heavy atom. The lowest BCUT2D eigenvalue weighted by Gasteiger charge is -2.17. The predicted molar refractivity (Wildman–Crippen MR) is 109 cm³/mol. The van der Waals surface area contributed by atoms with Crippen molar-refractivity contribution < 1.29 is 24.0 Å². The van der Waals surface area contributed by atoms with Crippen LogP contribution >= 0.6 is 0 Å². The minimum Gasteiger partial charge on any atom is -0.480 e. The van der Waals surface area contributed by atoms with Crippen molar-refractivity contribution in [1.82, 2.24) is 10.5 Å². The van der Waals surface area contributed by atoms with Gasteiger partial charge in [0.05, 0.1) is 5.69 Å². The van der Waals surface area contributed by atoms with E-state index in [0.717, 1.165) is 27.9 Å². The molecule has 0 unspecified atom stereocenters. The van der Waals surface area contributed by atoms with Crippen molar-refractivity contribution in [3.63, 3.8) is 0 Å². The zero-order chi connectivity index (χ0) is 21.1. The van der Waals surface area contributed by atoms with Crippen molar-refractivity contribution in [1.29, 1.82) is 0 Å². The minimum atomic E-state index is -1.13. The zero-order valence-electron chi connectivity index (χ0n) is 16.5. The molecule has 1 aliphatic carbocycles. The molecule has 154 valence electrons. The third-order valence-corrected chi connectivity index (χ3v) is 5.29. The summed E-state index contributed by atoms with van der Waals surface area (Å²) in [4.78, 5) is 23.9. The van der Waals surface area contributed by atoms with E-state index in [9.17, 15) is 14.7 Å². The molecule has 2 N–H and O–H groups in total. The number of carboxylic acids is 1. The second-order valence-corrected chi connectivity index (χ2v) is 7.33. The van der Waals surface area contributed by atoms with Gasteiger partial charge in [0, 0.05) is 18.4 Å². The highest BCUT2D eigenvalue weighted by Gasteiger charge is 2.29. The number of aromatic nitrogens is 1. The van der Waals surface area contributed by atoms with Gasteiger partial charge in [0.15, 0.2) is 0 Å². The average Bonchev–Trinajstić information content (AvgIpc) is 3.30. The van der Waals surface area contributed by atoms with E-state index < -0.39 is 18.1 Å². The van der Waals surface area contributed by atoms with Crippen LogP contribution in [0.3, 0.4) is 0 Å². The summed E-state index contributed by atoms with van der Waals surface area (Å²) in [6.45, 7) is 1.92. The van der Waals surface area contributed by atoms with E-state index in [1.54, 1.807) is 13.0 Å². The van der Waals surface area contributed by atoms with Crippen LogP contribution in [0, 0.1) is 6.92 Å². The van der Waals surface area contributed by atoms with Gasteiger partial charge in [-0.2, -0.15) is 0 Å². The lowest BCUT2D eigenvalue weighted by molar-refractivity contribution is -0.139. The molecule has 7 heteroatoms. The number of fused-ring (bicyclic) bond motifs is 3. The SMILES string of the molecule is Cc1cc(CC[C@H](NC(=O)OCC2c3ccccc3-c3ccccc32)C(=O)O)on1. The quantitative estimate of drug-likeness (QED) is 0.617. The summed E-state index contributed by atoms with van der Waals surface area (Å²) in [6.07, 6.45) is -0.228. The number of carboxylic acid groups (broad SMARTS) is 1. The lowest BCUT2D eigenvalue weighted by atomic mass is 9.98. The van der Waals surface area contributed by atoms with Gasteiger partial charge in [-0.25, -0.2) is 9.59 Å². The summed E-state index contributed by atoms with van der Waals surface area (Å²) in [5.41, 5.74) is 5.19. The van der Waals surface area contributed by atoms with Gasteiger partial charge in [-0.15, -0.1) is 0 Å². The Morgan fingerprint density at radius 3 is 2.33 bits per heavy atom. The fraction of sp³-hybridized carbons (Fsp3) is 0.261. The van der Waals surface area contributed by atoms with E-state index in [1.165, 1.54) is 0 Å². The maximum absolute atomic E-state index is 12.3. The van der Waals surface area contributed by atoms with Gasteiger partial charge in [0.25, 0.3) is 0 Å². The highest BCUT2D eigenvalue weighted by molar-refractivity contribution is 5.81. The van der Waals surface area contributed by atoms with Gasteiger partial charge in [-0.1, -0.05) is 53.7 Å². The fourth-order valence-corrected chi connectivity index (χ4v) is 3.86. The van der Waals surface area contributed by atoms with E-state index in [1.807, 2.05) is 36.4 Å². The molecule has 1 atom stereocenters. The summed E-state index contributed by atoms with van der Waals surface area (Å²) in [5.74, 6) is -0.628. The molecule has 0 aliphatic heterocycles. The molecule has 0 saturated carbocycles. The third-order valence-electron chi connectivity index (χ3n) is 5.29. The first kappa shape index (κ1) is 19.7. The van der Waals surface area contributed by atoms with Crippen LogP contribution in [0.4, 0.5) is 4.79 Å².